The molecule has 0 aromatic rings. The van der Waals surface area contributed by atoms with Gasteiger partial charge < -0.3 is 19.4 Å². The Bertz CT molecular complexity index is 307. The van der Waals surface area contributed by atoms with Gasteiger partial charge >= 0.3 is 0 Å². The first-order valence-electron chi connectivity index (χ1n) is 7.70. The molecule has 2 rings (SSSR count). The zero-order valence-electron chi connectivity index (χ0n) is 13.6. The summed E-state index contributed by atoms with van der Waals surface area (Å²) in [6.45, 7) is 12.7. The third-order valence-corrected chi connectivity index (χ3v) is 5.32. The minimum atomic E-state index is -0.162. The number of aliphatic hydroxyl groups excluding tert-OH is 1. The molecule has 1 N–H and O–H groups in total. The van der Waals surface area contributed by atoms with E-state index in [0.29, 0.717) is 29.8 Å². The number of carbonyl (C=O) groups excluding carboxylic acids is 1. The molecule has 0 spiro atoms. The summed E-state index contributed by atoms with van der Waals surface area (Å²) in [4.78, 5) is 10.4. The number of hydrogen-bond donors (Lipinski definition) is 1. The molecular formula is C16H30O4. The molecule has 118 valence electrons. The lowest BCUT2D eigenvalue weighted by atomic mass is 9.91. The van der Waals surface area contributed by atoms with Crippen molar-refractivity contribution in [1.82, 2.24) is 0 Å². The highest BCUT2D eigenvalue weighted by atomic mass is 16.5. The summed E-state index contributed by atoms with van der Waals surface area (Å²) in [7, 11) is 0. The van der Waals surface area contributed by atoms with Crippen LogP contribution in [0.25, 0.3) is 0 Å². The SMILES string of the molecule is CC1[C@H](C)O[C@H](C=O)[C@@H]1C.CC1[C@H](C)O[C@H](CO)[C@@H]1C. The Hall–Kier alpha value is -0.450. The van der Waals surface area contributed by atoms with E-state index in [1.807, 2.05) is 6.92 Å². The van der Waals surface area contributed by atoms with Gasteiger partial charge in [-0.25, -0.2) is 0 Å². The highest BCUT2D eigenvalue weighted by Crippen LogP contribution is 2.31. The fourth-order valence-electron chi connectivity index (χ4n) is 2.88. The molecule has 2 unspecified atom stereocenters. The van der Waals surface area contributed by atoms with Crippen LogP contribution in [0.5, 0.6) is 0 Å². The van der Waals surface area contributed by atoms with Gasteiger partial charge in [-0.2, -0.15) is 0 Å². The molecule has 0 saturated carbocycles. The fraction of sp³-hybridized carbons (Fsp3) is 0.938. The lowest BCUT2D eigenvalue weighted by Gasteiger charge is -2.12. The molecule has 8 atom stereocenters. The summed E-state index contributed by atoms with van der Waals surface area (Å²) in [6, 6.07) is 0. The van der Waals surface area contributed by atoms with Gasteiger partial charge in [-0.3, -0.25) is 0 Å². The van der Waals surface area contributed by atoms with Crippen LogP contribution in [-0.2, 0) is 14.3 Å². The van der Waals surface area contributed by atoms with Crippen molar-refractivity contribution in [3.63, 3.8) is 0 Å². The van der Waals surface area contributed by atoms with Gasteiger partial charge in [-0.1, -0.05) is 27.7 Å². The number of aldehydes is 1. The third kappa shape index (κ3) is 3.80. The van der Waals surface area contributed by atoms with Crippen LogP contribution in [0.3, 0.4) is 0 Å². The summed E-state index contributed by atoms with van der Waals surface area (Å²) < 4.78 is 10.9. The second-order valence-electron chi connectivity index (χ2n) is 6.44. The van der Waals surface area contributed by atoms with E-state index in [1.54, 1.807) is 0 Å². The number of aliphatic hydroxyl groups is 1. The van der Waals surface area contributed by atoms with Crippen molar-refractivity contribution in [2.45, 2.75) is 66.0 Å². The van der Waals surface area contributed by atoms with Gasteiger partial charge in [0, 0.05) is 0 Å². The minimum absolute atomic E-state index is 0.0741. The van der Waals surface area contributed by atoms with E-state index in [9.17, 15) is 4.79 Å². The molecule has 2 fully saturated rings. The normalized spacial score (nSPS) is 47.8. The molecule has 4 nitrogen and oxygen atoms in total. The Kier molecular flexibility index (Phi) is 6.62. The smallest absolute Gasteiger partial charge is 0.149 e. The second-order valence-corrected chi connectivity index (χ2v) is 6.44. The Labute approximate surface area is 122 Å². The first-order chi connectivity index (χ1) is 9.33. The zero-order valence-corrected chi connectivity index (χ0v) is 13.6. The third-order valence-electron chi connectivity index (χ3n) is 5.32. The second kappa shape index (κ2) is 7.53. The van der Waals surface area contributed by atoms with E-state index in [1.165, 1.54) is 0 Å². The molecule has 0 aromatic carbocycles. The van der Waals surface area contributed by atoms with Gasteiger partial charge in [0.1, 0.15) is 12.4 Å². The molecular weight excluding hydrogens is 256 g/mol. The molecule has 2 aliphatic rings. The van der Waals surface area contributed by atoms with Crippen molar-refractivity contribution in [2.24, 2.45) is 23.7 Å². The quantitative estimate of drug-likeness (QED) is 0.791. The highest BCUT2D eigenvalue weighted by molar-refractivity contribution is 5.57. The maximum absolute atomic E-state index is 10.4. The van der Waals surface area contributed by atoms with Crippen LogP contribution in [0.4, 0.5) is 0 Å². The summed E-state index contributed by atoms with van der Waals surface area (Å²) in [5.74, 6) is 1.97. The number of hydrogen-bond acceptors (Lipinski definition) is 4. The Morgan fingerprint density at radius 3 is 1.55 bits per heavy atom. The Morgan fingerprint density at radius 2 is 1.35 bits per heavy atom. The van der Waals surface area contributed by atoms with Gasteiger partial charge in [0.2, 0.25) is 0 Å². The lowest BCUT2D eigenvalue weighted by Crippen LogP contribution is -2.19. The number of ether oxygens (including phenoxy) is 2. The van der Waals surface area contributed by atoms with Crippen molar-refractivity contribution in [2.75, 3.05) is 6.61 Å². The van der Waals surface area contributed by atoms with Crippen LogP contribution in [0.15, 0.2) is 0 Å². The van der Waals surface area contributed by atoms with Crippen molar-refractivity contribution in [3.8, 4) is 0 Å². The molecule has 2 heterocycles. The first-order valence-corrected chi connectivity index (χ1v) is 7.70. The fourth-order valence-corrected chi connectivity index (χ4v) is 2.88. The molecule has 4 heteroatoms. The molecule has 2 saturated heterocycles. The standard InChI is InChI=1S/C8H16O2.C8H14O2/c2*1-5-6(2)8(4-9)10-7(5)3/h5-9H,4H2,1-3H3;4-8H,1-3H3/t2*5?,6-,7+,8-/m11/s1. The van der Waals surface area contributed by atoms with Crippen LogP contribution < -0.4 is 0 Å². The average Bonchev–Trinajstić information content (AvgIpc) is 2.84. The lowest BCUT2D eigenvalue weighted by molar-refractivity contribution is -0.118. The molecule has 20 heavy (non-hydrogen) atoms. The van der Waals surface area contributed by atoms with E-state index in [4.69, 9.17) is 14.6 Å². The van der Waals surface area contributed by atoms with Crippen LogP contribution in [-0.4, -0.2) is 42.4 Å². The van der Waals surface area contributed by atoms with E-state index in [2.05, 4.69) is 34.6 Å². The average molecular weight is 286 g/mol. The molecule has 0 aromatic heterocycles. The van der Waals surface area contributed by atoms with Crippen LogP contribution in [0, 0.1) is 23.7 Å². The van der Waals surface area contributed by atoms with Crippen molar-refractivity contribution < 1.29 is 19.4 Å². The van der Waals surface area contributed by atoms with Gasteiger partial charge in [0.25, 0.3) is 0 Å². The van der Waals surface area contributed by atoms with Gasteiger partial charge in [0.15, 0.2) is 0 Å². The largest absolute Gasteiger partial charge is 0.394 e. The van der Waals surface area contributed by atoms with Crippen LogP contribution in [0.2, 0.25) is 0 Å². The number of carbonyl (C=O) groups is 1. The first kappa shape index (κ1) is 17.6. The number of rotatable bonds is 2. The van der Waals surface area contributed by atoms with E-state index in [-0.39, 0.29) is 24.9 Å². The maximum Gasteiger partial charge on any atom is 0.149 e. The van der Waals surface area contributed by atoms with E-state index >= 15 is 0 Å². The minimum Gasteiger partial charge on any atom is -0.394 e. The van der Waals surface area contributed by atoms with Gasteiger partial charge in [0.05, 0.1) is 24.9 Å². The van der Waals surface area contributed by atoms with E-state index in [0.717, 1.165) is 6.29 Å². The van der Waals surface area contributed by atoms with Crippen molar-refractivity contribution in [1.29, 1.82) is 0 Å². The Morgan fingerprint density at radius 1 is 0.850 bits per heavy atom. The van der Waals surface area contributed by atoms with E-state index < -0.39 is 0 Å². The zero-order chi connectivity index (χ0) is 15.4. The van der Waals surface area contributed by atoms with Crippen molar-refractivity contribution >= 4 is 6.29 Å². The van der Waals surface area contributed by atoms with Crippen LogP contribution >= 0.6 is 0 Å². The predicted octanol–water partition coefficient (Wildman–Crippen LogP) is 2.28. The summed E-state index contributed by atoms with van der Waals surface area (Å²) in [5.41, 5.74) is 0. The Balaban J connectivity index is 0.000000200. The molecule has 0 radical (unpaired) electrons. The van der Waals surface area contributed by atoms with Gasteiger partial charge in [-0.15, -0.1) is 0 Å². The predicted molar refractivity (Wildman–Crippen MR) is 78.5 cm³/mol. The molecule has 0 aliphatic carbocycles. The molecule has 0 bridgehead atoms. The summed E-state index contributed by atoms with van der Waals surface area (Å²) >= 11 is 0. The summed E-state index contributed by atoms with van der Waals surface area (Å²) in [5, 5.41) is 8.85. The maximum atomic E-state index is 10.4. The highest BCUT2D eigenvalue weighted by Gasteiger charge is 2.36. The van der Waals surface area contributed by atoms with Crippen LogP contribution in [0.1, 0.15) is 41.5 Å². The summed E-state index contributed by atoms with van der Waals surface area (Å²) in [6.07, 6.45) is 1.37. The van der Waals surface area contributed by atoms with Gasteiger partial charge in [-0.05, 0) is 37.5 Å². The molecule has 0 amide bonds. The topological polar surface area (TPSA) is 55.8 Å². The molecule has 2 aliphatic heterocycles. The van der Waals surface area contributed by atoms with Crippen molar-refractivity contribution in [3.05, 3.63) is 0 Å². The monoisotopic (exact) mass is 286 g/mol.